The number of halogens is 1. The van der Waals surface area contributed by atoms with Crippen molar-refractivity contribution >= 4 is 23.7 Å². The van der Waals surface area contributed by atoms with Crippen LogP contribution in [0.3, 0.4) is 0 Å². The van der Waals surface area contributed by atoms with Crippen LogP contribution >= 0.6 is 23.7 Å². The van der Waals surface area contributed by atoms with Crippen LogP contribution in [0.5, 0.6) is 0 Å². The van der Waals surface area contributed by atoms with E-state index in [-0.39, 0.29) is 12.4 Å². The summed E-state index contributed by atoms with van der Waals surface area (Å²) in [5.41, 5.74) is 1.05. The molecule has 2 aromatic rings. The molecule has 0 aromatic carbocycles. The Balaban J connectivity index is 0.00000156. The Morgan fingerprint density at radius 2 is 2.09 bits per heavy atom. The summed E-state index contributed by atoms with van der Waals surface area (Å²) in [7, 11) is 0. The van der Waals surface area contributed by atoms with Crippen LogP contribution in [-0.4, -0.2) is 35.7 Å². The number of thiophene rings is 1. The quantitative estimate of drug-likeness (QED) is 0.857. The van der Waals surface area contributed by atoms with E-state index in [0.29, 0.717) is 0 Å². The fourth-order valence-electron chi connectivity index (χ4n) is 3.10. The van der Waals surface area contributed by atoms with Crippen molar-refractivity contribution in [3.63, 3.8) is 0 Å². The van der Waals surface area contributed by atoms with Gasteiger partial charge in [-0.25, -0.2) is 0 Å². The normalized spacial score (nSPS) is 19.7. The van der Waals surface area contributed by atoms with Gasteiger partial charge >= 0.3 is 0 Å². The van der Waals surface area contributed by atoms with E-state index in [4.69, 9.17) is 4.52 Å². The number of piperidine rings is 1. The van der Waals surface area contributed by atoms with Crippen molar-refractivity contribution in [2.45, 2.75) is 38.3 Å². The van der Waals surface area contributed by atoms with Gasteiger partial charge in [-0.15, -0.1) is 23.7 Å². The fraction of sp³-hybridized carbons (Fsp3) is 0.588. The predicted molar refractivity (Wildman–Crippen MR) is 96.1 cm³/mol. The molecule has 1 aliphatic heterocycles. The number of hydrogen-bond acceptors (Lipinski definition) is 5. The number of hydrogen-bond donors (Lipinski definition) is 1. The second kappa shape index (κ2) is 7.79. The predicted octanol–water partition coefficient (Wildman–Crippen LogP) is 3.79. The van der Waals surface area contributed by atoms with E-state index in [2.05, 4.69) is 32.9 Å². The van der Waals surface area contributed by atoms with Gasteiger partial charge in [0.25, 0.3) is 0 Å². The molecular formula is C17H24ClN3OS. The van der Waals surface area contributed by atoms with E-state index in [9.17, 15) is 0 Å². The Morgan fingerprint density at radius 1 is 1.26 bits per heavy atom. The summed E-state index contributed by atoms with van der Waals surface area (Å²) >= 11 is 1.69. The van der Waals surface area contributed by atoms with Gasteiger partial charge in [0, 0.05) is 31.7 Å². The van der Waals surface area contributed by atoms with Crippen molar-refractivity contribution in [3.8, 4) is 10.6 Å². The Hall–Kier alpha value is -0.880. The maximum Gasteiger partial charge on any atom is 0.177 e. The Kier molecular flexibility index (Phi) is 5.75. The van der Waals surface area contributed by atoms with E-state index in [1.807, 2.05) is 6.07 Å². The minimum Gasteiger partial charge on any atom is -0.355 e. The zero-order valence-electron chi connectivity index (χ0n) is 13.2. The number of likely N-dealkylation sites (tertiary alicyclic amines) is 1. The molecule has 2 aliphatic rings. The smallest absolute Gasteiger partial charge is 0.177 e. The Labute approximate surface area is 147 Å². The molecule has 0 atom stereocenters. The fourth-order valence-corrected chi connectivity index (χ4v) is 3.77. The molecule has 0 unspecified atom stereocenters. The first kappa shape index (κ1) is 17.0. The monoisotopic (exact) mass is 353 g/mol. The van der Waals surface area contributed by atoms with Gasteiger partial charge in [-0.2, -0.15) is 0 Å². The van der Waals surface area contributed by atoms with E-state index < -0.39 is 0 Å². The van der Waals surface area contributed by atoms with Gasteiger partial charge in [0.2, 0.25) is 0 Å². The minimum absolute atomic E-state index is 0. The molecular weight excluding hydrogens is 330 g/mol. The molecule has 1 saturated carbocycles. The third-order valence-corrected chi connectivity index (χ3v) is 5.57. The molecule has 0 amide bonds. The van der Waals surface area contributed by atoms with Crippen molar-refractivity contribution in [3.05, 3.63) is 29.3 Å². The molecule has 1 aliphatic carbocycles. The van der Waals surface area contributed by atoms with Crippen LogP contribution in [0, 0.1) is 5.92 Å². The number of aromatic nitrogens is 1. The summed E-state index contributed by atoms with van der Waals surface area (Å²) in [5, 5.41) is 10.0. The van der Waals surface area contributed by atoms with Crippen molar-refractivity contribution in [2.75, 3.05) is 19.6 Å². The molecule has 2 fully saturated rings. The second-order valence-electron chi connectivity index (χ2n) is 6.56. The van der Waals surface area contributed by atoms with Gasteiger partial charge in [0.05, 0.1) is 10.6 Å². The van der Waals surface area contributed by atoms with E-state index in [1.54, 1.807) is 11.3 Å². The first-order chi connectivity index (χ1) is 10.9. The lowest BCUT2D eigenvalue weighted by atomic mass is 10.0. The van der Waals surface area contributed by atoms with Gasteiger partial charge in [-0.05, 0) is 49.6 Å². The second-order valence-corrected chi connectivity index (χ2v) is 7.51. The van der Waals surface area contributed by atoms with Gasteiger partial charge in [-0.3, -0.25) is 4.90 Å². The summed E-state index contributed by atoms with van der Waals surface area (Å²) < 4.78 is 5.46. The average molecular weight is 354 g/mol. The molecule has 1 saturated heterocycles. The summed E-state index contributed by atoms with van der Waals surface area (Å²) in [6, 6.07) is 6.92. The molecule has 6 heteroatoms. The van der Waals surface area contributed by atoms with E-state index >= 15 is 0 Å². The first-order valence-electron chi connectivity index (χ1n) is 8.32. The lowest BCUT2D eigenvalue weighted by molar-refractivity contribution is 0.186. The first-order valence-corrected chi connectivity index (χ1v) is 9.20. The van der Waals surface area contributed by atoms with Gasteiger partial charge in [0.15, 0.2) is 5.76 Å². The molecule has 126 valence electrons. The molecule has 23 heavy (non-hydrogen) atoms. The van der Waals surface area contributed by atoms with Gasteiger partial charge in [-0.1, -0.05) is 11.2 Å². The lowest BCUT2D eigenvalue weighted by Crippen LogP contribution is -2.42. The highest BCUT2D eigenvalue weighted by molar-refractivity contribution is 7.13. The van der Waals surface area contributed by atoms with Crippen molar-refractivity contribution in [2.24, 2.45) is 5.92 Å². The van der Waals surface area contributed by atoms with Crippen molar-refractivity contribution in [1.82, 2.24) is 15.4 Å². The van der Waals surface area contributed by atoms with Crippen LogP contribution < -0.4 is 5.32 Å². The van der Waals surface area contributed by atoms with Gasteiger partial charge < -0.3 is 9.84 Å². The molecule has 4 rings (SSSR count). The Morgan fingerprint density at radius 3 is 2.78 bits per heavy atom. The minimum atomic E-state index is 0. The average Bonchev–Trinajstić information content (AvgIpc) is 3.01. The topological polar surface area (TPSA) is 41.3 Å². The van der Waals surface area contributed by atoms with Crippen LogP contribution in [0.4, 0.5) is 0 Å². The molecule has 2 aromatic heterocycles. The summed E-state index contributed by atoms with van der Waals surface area (Å²) in [4.78, 5) is 3.65. The van der Waals surface area contributed by atoms with Crippen molar-refractivity contribution in [1.29, 1.82) is 0 Å². The number of rotatable bonds is 6. The molecule has 3 heterocycles. The van der Waals surface area contributed by atoms with E-state index in [0.717, 1.165) is 47.9 Å². The summed E-state index contributed by atoms with van der Waals surface area (Å²) in [6.07, 6.45) is 5.37. The molecule has 0 radical (unpaired) electrons. The molecule has 0 bridgehead atoms. The van der Waals surface area contributed by atoms with Crippen LogP contribution in [-0.2, 0) is 6.54 Å². The van der Waals surface area contributed by atoms with Gasteiger partial charge in [0.1, 0.15) is 0 Å². The zero-order valence-corrected chi connectivity index (χ0v) is 14.9. The molecule has 0 spiro atoms. The standard InChI is InChI=1S/C17H23N3OS.ClH/c1-2-17(22-9-1)16-10-15(19-21-16)12-20-7-5-14(6-8-20)18-11-13-3-4-13;/h1-2,9-10,13-14,18H,3-8,11-12H2;1H. The SMILES string of the molecule is Cl.c1csc(-c2cc(CN3CCC(NCC4CC4)CC3)no2)c1. The third-order valence-electron chi connectivity index (χ3n) is 4.69. The summed E-state index contributed by atoms with van der Waals surface area (Å²) in [6.45, 7) is 4.45. The van der Waals surface area contributed by atoms with E-state index in [1.165, 1.54) is 32.2 Å². The van der Waals surface area contributed by atoms with Crippen molar-refractivity contribution < 1.29 is 4.52 Å². The maximum atomic E-state index is 5.46. The largest absolute Gasteiger partial charge is 0.355 e. The highest BCUT2D eigenvalue weighted by atomic mass is 35.5. The summed E-state index contributed by atoms with van der Waals surface area (Å²) in [5.74, 6) is 1.87. The van der Waals surface area contributed by atoms with Crippen LogP contribution in [0.2, 0.25) is 0 Å². The maximum absolute atomic E-state index is 5.46. The highest BCUT2D eigenvalue weighted by Crippen LogP contribution is 2.28. The van der Waals surface area contributed by atoms with Crippen LogP contribution in [0.1, 0.15) is 31.4 Å². The van der Waals surface area contributed by atoms with Crippen LogP contribution in [0.25, 0.3) is 10.6 Å². The van der Waals surface area contributed by atoms with Crippen LogP contribution in [0.15, 0.2) is 28.1 Å². The molecule has 4 nitrogen and oxygen atoms in total. The molecule has 1 N–H and O–H groups in total. The number of nitrogens with zero attached hydrogens (tertiary/aromatic N) is 2. The zero-order chi connectivity index (χ0) is 14.8. The Bertz CT molecular complexity index is 589. The third kappa shape index (κ3) is 4.57. The lowest BCUT2D eigenvalue weighted by Gasteiger charge is -2.31. The number of nitrogens with one attached hydrogen (secondary N) is 1. The highest BCUT2D eigenvalue weighted by Gasteiger charge is 2.24.